The van der Waals surface area contributed by atoms with Gasteiger partial charge in [0, 0.05) is 17.3 Å². The van der Waals surface area contributed by atoms with Gasteiger partial charge in [-0.05, 0) is 18.4 Å². The Morgan fingerprint density at radius 2 is 1.76 bits per heavy atom. The van der Waals surface area contributed by atoms with E-state index in [1.54, 1.807) is 19.9 Å². The predicted octanol–water partition coefficient (Wildman–Crippen LogP) is 0.438. The first-order chi connectivity index (χ1) is 11.6. The number of hydrogen-bond donors (Lipinski definition) is 3. The number of aliphatic hydroxyl groups is 3. The maximum Gasteiger partial charge on any atom is 0.310 e. The van der Waals surface area contributed by atoms with Crippen molar-refractivity contribution < 1.29 is 29.6 Å². The molecule has 0 aromatic rings. The predicted molar refractivity (Wildman–Crippen MR) is 87.1 cm³/mol. The van der Waals surface area contributed by atoms with Crippen LogP contribution in [0.1, 0.15) is 34.1 Å². The quantitative estimate of drug-likeness (QED) is 0.548. The van der Waals surface area contributed by atoms with E-state index in [0.717, 1.165) is 5.57 Å². The molecule has 4 rings (SSSR count). The van der Waals surface area contributed by atoms with Gasteiger partial charge in [0.2, 0.25) is 0 Å². The topological polar surface area (TPSA) is 104 Å². The zero-order valence-corrected chi connectivity index (χ0v) is 15.0. The van der Waals surface area contributed by atoms with Crippen molar-refractivity contribution >= 4 is 11.8 Å². The Morgan fingerprint density at radius 1 is 1.12 bits per heavy atom. The summed E-state index contributed by atoms with van der Waals surface area (Å²) >= 11 is 0. The third-order valence-corrected chi connectivity index (χ3v) is 7.71. The van der Waals surface area contributed by atoms with Crippen LogP contribution in [0, 0.1) is 34.5 Å². The first-order valence-electron chi connectivity index (χ1n) is 9.07. The van der Waals surface area contributed by atoms with Crippen LogP contribution in [0.25, 0.3) is 0 Å². The van der Waals surface area contributed by atoms with Gasteiger partial charge in [0.25, 0.3) is 0 Å². The molecule has 3 aliphatic carbocycles. The number of ketones is 1. The maximum atomic E-state index is 13.2. The lowest BCUT2D eigenvalue weighted by atomic mass is 9.42. The lowest BCUT2D eigenvalue weighted by Gasteiger charge is -2.61. The second-order valence-corrected chi connectivity index (χ2v) is 8.88. The van der Waals surface area contributed by atoms with Crippen molar-refractivity contribution in [2.24, 2.45) is 34.5 Å². The Balaban J connectivity index is 1.97. The summed E-state index contributed by atoms with van der Waals surface area (Å²) in [6.45, 7) is 7.27. The zero-order valence-electron chi connectivity index (χ0n) is 15.0. The second-order valence-electron chi connectivity index (χ2n) is 8.88. The Bertz CT molecular complexity index is 685. The van der Waals surface area contributed by atoms with Gasteiger partial charge in [-0.25, -0.2) is 0 Å². The van der Waals surface area contributed by atoms with Gasteiger partial charge in [-0.2, -0.15) is 0 Å². The Morgan fingerprint density at radius 3 is 2.40 bits per heavy atom. The number of allylic oxidation sites excluding steroid dienone is 1. The SMILES string of the molecule is C[C@H]1[C@H]2OC(=O)[C@@H]1[C@]1(C)C(=O)C=C3[C@H](C)C[C@H](O)[C@@H](O)[C@]3(C)[C@H]1[C@H]2O. The highest BCUT2D eigenvalue weighted by Gasteiger charge is 2.73. The van der Waals surface area contributed by atoms with Crippen LogP contribution in [0.3, 0.4) is 0 Å². The van der Waals surface area contributed by atoms with Crippen LogP contribution in [0.2, 0.25) is 0 Å². The molecular formula is C19H26O6. The van der Waals surface area contributed by atoms with Crippen molar-refractivity contribution in [2.45, 2.75) is 58.5 Å². The third-order valence-electron chi connectivity index (χ3n) is 7.71. The summed E-state index contributed by atoms with van der Waals surface area (Å²) in [5.41, 5.74) is -1.37. The van der Waals surface area contributed by atoms with E-state index in [4.69, 9.17) is 4.74 Å². The number of carbonyl (C=O) groups is 2. The Labute approximate surface area is 146 Å². The van der Waals surface area contributed by atoms with Gasteiger partial charge >= 0.3 is 5.97 Å². The number of carbonyl (C=O) groups excluding carboxylic acids is 2. The lowest BCUT2D eigenvalue weighted by molar-refractivity contribution is -0.195. The van der Waals surface area contributed by atoms with Crippen molar-refractivity contribution in [2.75, 3.05) is 0 Å². The molecule has 25 heavy (non-hydrogen) atoms. The smallest absolute Gasteiger partial charge is 0.310 e. The molecule has 6 heteroatoms. The molecule has 0 spiro atoms. The van der Waals surface area contributed by atoms with E-state index in [1.165, 1.54) is 0 Å². The Kier molecular flexibility index (Phi) is 3.39. The number of esters is 1. The molecule has 6 nitrogen and oxygen atoms in total. The number of hydrogen-bond acceptors (Lipinski definition) is 6. The molecule has 1 saturated heterocycles. The molecule has 0 unspecified atom stereocenters. The fourth-order valence-corrected chi connectivity index (χ4v) is 6.59. The molecule has 2 bridgehead atoms. The maximum absolute atomic E-state index is 13.2. The first-order valence-corrected chi connectivity index (χ1v) is 9.07. The molecule has 0 aromatic heterocycles. The summed E-state index contributed by atoms with van der Waals surface area (Å²) in [5.74, 6) is -2.32. The van der Waals surface area contributed by atoms with Gasteiger partial charge in [0.05, 0.1) is 29.6 Å². The molecule has 0 radical (unpaired) electrons. The van der Waals surface area contributed by atoms with Crippen LogP contribution in [0.5, 0.6) is 0 Å². The zero-order chi connectivity index (χ0) is 18.5. The molecule has 138 valence electrons. The van der Waals surface area contributed by atoms with Crippen molar-refractivity contribution in [3.8, 4) is 0 Å². The van der Waals surface area contributed by atoms with E-state index in [9.17, 15) is 24.9 Å². The van der Waals surface area contributed by atoms with Crippen molar-refractivity contribution in [3.63, 3.8) is 0 Å². The van der Waals surface area contributed by atoms with Crippen molar-refractivity contribution in [1.82, 2.24) is 0 Å². The van der Waals surface area contributed by atoms with E-state index in [-0.39, 0.29) is 17.6 Å². The minimum absolute atomic E-state index is 0.0854. The van der Waals surface area contributed by atoms with Crippen LogP contribution in [0.4, 0.5) is 0 Å². The fourth-order valence-electron chi connectivity index (χ4n) is 6.59. The number of fused-ring (bicyclic) bond motifs is 6. The highest BCUT2D eigenvalue weighted by molar-refractivity contribution is 6.01. The standard InChI is InChI=1S/C19H26O6/c1-7-5-10(20)16(23)18(3)9(7)6-11(21)19(4)12-8(2)14(25-17(12)24)13(22)15(18)19/h6-8,10,12-16,20,22-23H,5H2,1-4H3/t7-,8-,10+,12-,13+,14-,15-,16-,18+,19+/m1/s1. The van der Waals surface area contributed by atoms with E-state index < -0.39 is 53.1 Å². The van der Waals surface area contributed by atoms with E-state index in [1.807, 2.05) is 13.8 Å². The molecule has 10 atom stereocenters. The van der Waals surface area contributed by atoms with E-state index >= 15 is 0 Å². The summed E-state index contributed by atoms with van der Waals surface area (Å²) < 4.78 is 5.42. The highest BCUT2D eigenvalue weighted by Crippen LogP contribution is 2.65. The number of ether oxygens (including phenoxy) is 1. The van der Waals surface area contributed by atoms with Gasteiger partial charge in [-0.3, -0.25) is 9.59 Å². The molecule has 0 aromatic carbocycles. The summed E-state index contributed by atoms with van der Waals surface area (Å²) in [7, 11) is 0. The minimum atomic E-state index is -1.15. The Hall–Kier alpha value is -1.24. The van der Waals surface area contributed by atoms with Gasteiger partial charge < -0.3 is 20.1 Å². The fraction of sp³-hybridized carbons (Fsp3) is 0.789. The molecule has 1 aliphatic heterocycles. The third kappa shape index (κ3) is 1.76. The number of aliphatic hydroxyl groups excluding tert-OH is 3. The average Bonchev–Trinajstić information content (AvgIpc) is 2.78. The molecule has 2 saturated carbocycles. The van der Waals surface area contributed by atoms with Gasteiger partial charge in [0.15, 0.2) is 5.78 Å². The molecule has 0 amide bonds. The van der Waals surface area contributed by atoms with E-state index in [0.29, 0.717) is 6.42 Å². The summed E-state index contributed by atoms with van der Waals surface area (Å²) in [4.78, 5) is 25.6. The van der Waals surface area contributed by atoms with Gasteiger partial charge in [-0.15, -0.1) is 0 Å². The normalized spacial score (nSPS) is 57.5. The summed E-state index contributed by atoms with van der Waals surface area (Å²) in [5, 5.41) is 32.4. The molecule has 1 heterocycles. The summed E-state index contributed by atoms with van der Waals surface area (Å²) in [6, 6.07) is 0. The van der Waals surface area contributed by atoms with Crippen LogP contribution in [0.15, 0.2) is 11.6 Å². The lowest BCUT2D eigenvalue weighted by Crippen LogP contribution is -2.68. The van der Waals surface area contributed by atoms with Crippen LogP contribution in [-0.2, 0) is 14.3 Å². The molecule has 3 N–H and O–H groups in total. The second kappa shape index (κ2) is 4.93. The monoisotopic (exact) mass is 350 g/mol. The highest BCUT2D eigenvalue weighted by atomic mass is 16.6. The largest absolute Gasteiger partial charge is 0.459 e. The van der Waals surface area contributed by atoms with Crippen LogP contribution >= 0.6 is 0 Å². The van der Waals surface area contributed by atoms with Crippen LogP contribution < -0.4 is 0 Å². The molecule has 3 fully saturated rings. The van der Waals surface area contributed by atoms with E-state index in [2.05, 4.69) is 0 Å². The van der Waals surface area contributed by atoms with Crippen molar-refractivity contribution in [1.29, 1.82) is 0 Å². The minimum Gasteiger partial charge on any atom is -0.459 e. The van der Waals surface area contributed by atoms with Gasteiger partial charge in [0.1, 0.15) is 6.10 Å². The molecule has 4 aliphatic rings. The van der Waals surface area contributed by atoms with Crippen LogP contribution in [-0.4, -0.2) is 51.5 Å². The first kappa shape index (κ1) is 17.2. The summed E-state index contributed by atoms with van der Waals surface area (Å²) in [6.07, 6.45) is -1.86. The number of rotatable bonds is 0. The molecular weight excluding hydrogens is 324 g/mol. The average molecular weight is 350 g/mol. The van der Waals surface area contributed by atoms with Gasteiger partial charge in [-0.1, -0.05) is 33.3 Å². The van der Waals surface area contributed by atoms with Crippen molar-refractivity contribution in [3.05, 3.63) is 11.6 Å².